The monoisotopic (exact) mass is 311 g/mol. The first-order valence-electron chi connectivity index (χ1n) is 6.23. The number of anilines is 1. The molecule has 1 heterocycles. The molecule has 0 aliphatic heterocycles. The van der Waals surface area contributed by atoms with Crippen molar-refractivity contribution in [2.24, 2.45) is 0 Å². The van der Waals surface area contributed by atoms with Gasteiger partial charge in [-0.25, -0.2) is 17.8 Å². The molecule has 1 amide bonds. The highest BCUT2D eigenvalue weighted by Gasteiger charge is 2.23. The van der Waals surface area contributed by atoms with Crippen molar-refractivity contribution < 1.29 is 17.6 Å². The second kappa shape index (κ2) is 6.04. The molecule has 0 fully saturated rings. The Hall–Kier alpha value is -2.22. The Morgan fingerprint density at radius 3 is 2.71 bits per heavy atom. The number of amides is 1. The van der Waals surface area contributed by atoms with Gasteiger partial charge in [-0.05, 0) is 18.6 Å². The number of nitrogens with zero attached hydrogens (tertiary/aromatic N) is 1. The average Bonchev–Trinajstić information content (AvgIpc) is 2.90. The number of aryl methyl sites for hydroxylation is 1. The molecular weight excluding hydrogens is 297 g/mol. The zero-order chi connectivity index (χ0) is 15.5. The summed E-state index contributed by atoms with van der Waals surface area (Å²) in [5, 5.41) is 1.96. The summed E-state index contributed by atoms with van der Waals surface area (Å²) in [6.07, 6.45) is 2.01. The quantitative estimate of drug-likeness (QED) is 0.876. The fourth-order valence-electron chi connectivity index (χ4n) is 1.67. The zero-order valence-electron chi connectivity index (χ0n) is 11.3. The first kappa shape index (κ1) is 15.2. The van der Waals surface area contributed by atoms with E-state index in [0.717, 1.165) is 0 Å². The Labute approximate surface area is 121 Å². The van der Waals surface area contributed by atoms with Gasteiger partial charge in [0.2, 0.25) is 20.9 Å². The number of aromatic amines is 1. The van der Waals surface area contributed by atoms with Gasteiger partial charge in [0, 0.05) is 11.9 Å². The van der Waals surface area contributed by atoms with Gasteiger partial charge < -0.3 is 10.3 Å². The summed E-state index contributed by atoms with van der Waals surface area (Å²) in [4.78, 5) is 18.1. The van der Waals surface area contributed by atoms with Crippen molar-refractivity contribution in [3.63, 3.8) is 0 Å². The minimum absolute atomic E-state index is 0.0635. The lowest BCUT2D eigenvalue weighted by Crippen LogP contribution is -2.24. The Balaban J connectivity index is 2.10. The van der Waals surface area contributed by atoms with Crippen LogP contribution in [0.1, 0.15) is 12.6 Å². The van der Waals surface area contributed by atoms with Crippen LogP contribution in [-0.2, 0) is 21.1 Å². The Bertz CT molecular complexity index is 756. The van der Waals surface area contributed by atoms with Gasteiger partial charge in [0.15, 0.2) is 0 Å². The van der Waals surface area contributed by atoms with Crippen LogP contribution in [0.3, 0.4) is 0 Å². The van der Waals surface area contributed by atoms with Crippen molar-refractivity contribution in [1.82, 2.24) is 9.97 Å². The molecule has 0 aliphatic rings. The number of hydrogen-bond acceptors (Lipinski definition) is 4. The number of para-hydroxylation sites is 1. The number of benzene rings is 1. The van der Waals surface area contributed by atoms with Gasteiger partial charge in [-0.2, -0.15) is 0 Å². The molecule has 112 valence electrons. The minimum Gasteiger partial charge on any atom is -0.333 e. The molecule has 8 heteroatoms. The number of rotatable bonds is 5. The topological polar surface area (TPSA) is 91.9 Å². The van der Waals surface area contributed by atoms with E-state index in [4.69, 9.17) is 0 Å². The molecule has 21 heavy (non-hydrogen) atoms. The molecule has 1 aromatic heterocycles. The minimum atomic E-state index is -3.88. The molecule has 0 radical (unpaired) electrons. The fraction of sp³-hybridized carbons (Fsp3) is 0.231. The molecule has 0 atom stereocenters. The highest BCUT2D eigenvalue weighted by Crippen LogP contribution is 2.13. The Morgan fingerprint density at radius 2 is 2.10 bits per heavy atom. The highest BCUT2D eigenvalue weighted by molar-refractivity contribution is 7.92. The number of halogens is 1. The van der Waals surface area contributed by atoms with Crippen LogP contribution in [0.2, 0.25) is 0 Å². The number of sulfone groups is 1. The van der Waals surface area contributed by atoms with Crippen molar-refractivity contribution in [1.29, 1.82) is 0 Å². The second-order valence-corrected chi connectivity index (χ2v) is 6.26. The van der Waals surface area contributed by atoms with Crippen LogP contribution in [0.5, 0.6) is 0 Å². The van der Waals surface area contributed by atoms with Crippen LogP contribution < -0.4 is 5.32 Å². The molecular formula is C13H14FN3O3S. The number of nitrogens with one attached hydrogen (secondary N) is 2. The van der Waals surface area contributed by atoms with Crippen LogP contribution in [0.25, 0.3) is 0 Å². The third-order valence-electron chi connectivity index (χ3n) is 2.75. The molecule has 2 rings (SSSR count). The standard InChI is InChI=1S/C13H14FN3O3S/c1-2-9-7-15-13(16-9)21(19,20)8-12(18)17-11-6-4-3-5-10(11)14/h3-7H,2,8H2,1H3,(H,15,16)(H,17,18). The predicted molar refractivity (Wildman–Crippen MR) is 75.0 cm³/mol. The summed E-state index contributed by atoms with van der Waals surface area (Å²) >= 11 is 0. The molecule has 0 saturated carbocycles. The number of imidazole rings is 1. The van der Waals surface area contributed by atoms with E-state index in [1.807, 2.05) is 6.92 Å². The molecule has 0 bridgehead atoms. The summed E-state index contributed by atoms with van der Waals surface area (Å²) in [6.45, 7) is 1.84. The van der Waals surface area contributed by atoms with E-state index in [0.29, 0.717) is 12.1 Å². The SMILES string of the molecule is CCc1cnc(S(=O)(=O)CC(=O)Nc2ccccc2F)[nH]1. The van der Waals surface area contributed by atoms with E-state index in [1.54, 1.807) is 0 Å². The zero-order valence-corrected chi connectivity index (χ0v) is 12.1. The Morgan fingerprint density at radius 1 is 1.38 bits per heavy atom. The first-order chi connectivity index (χ1) is 9.92. The normalized spacial score (nSPS) is 11.3. The molecule has 0 unspecified atom stereocenters. The number of hydrogen-bond donors (Lipinski definition) is 2. The number of carbonyl (C=O) groups is 1. The van der Waals surface area contributed by atoms with Crippen molar-refractivity contribution >= 4 is 21.4 Å². The van der Waals surface area contributed by atoms with Gasteiger partial charge in [-0.3, -0.25) is 4.79 Å². The molecule has 0 saturated heterocycles. The molecule has 1 aromatic carbocycles. The van der Waals surface area contributed by atoms with Crippen molar-refractivity contribution in [2.75, 3.05) is 11.1 Å². The van der Waals surface area contributed by atoms with E-state index >= 15 is 0 Å². The summed E-state index contributed by atoms with van der Waals surface area (Å²) in [6, 6.07) is 5.52. The molecule has 6 nitrogen and oxygen atoms in total. The maximum atomic E-state index is 13.4. The molecule has 0 spiro atoms. The van der Waals surface area contributed by atoms with Gasteiger partial charge in [0.25, 0.3) is 0 Å². The van der Waals surface area contributed by atoms with E-state index < -0.39 is 27.3 Å². The van der Waals surface area contributed by atoms with E-state index in [2.05, 4.69) is 15.3 Å². The number of carbonyl (C=O) groups excluding carboxylic acids is 1. The largest absolute Gasteiger partial charge is 0.333 e. The Kier molecular flexibility index (Phi) is 4.37. The van der Waals surface area contributed by atoms with Gasteiger partial charge >= 0.3 is 0 Å². The summed E-state index contributed by atoms with van der Waals surface area (Å²) in [5.74, 6) is -2.26. The van der Waals surface area contributed by atoms with Crippen LogP contribution >= 0.6 is 0 Å². The van der Waals surface area contributed by atoms with Gasteiger partial charge in [0.1, 0.15) is 11.6 Å². The molecule has 2 aromatic rings. The lowest BCUT2D eigenvalue weighted by Gasteiger charge is -2.05. The highest BCUT2D eigenvalue weighted by atomic mass is 32.2. The van der Waals surface area contributed by atoms with Crippen molar-refractivity contribution in [2.45, 2.75) is 18.5 Å². The van der Waals surface area contributed by atoms with E-state index in [1.165, 1.54) is 30.5 Å². The van der Waals surface area contributed by atoms with Crippen LogP contribution in [0, 0.1) is 5.82 Å². The second-order valence-electron chi connectivity index (χ2n) is 4.35. The lowest BCUT2D eigenvalue weighted by atomic mass is 10.3. The van der Waals surface area contributed by atoms with E-state index in [-0.39, 0.29) is 10.8 Å². The molecule has 2 N–H and O–H groups in total. The van der Waals surface area contributed by atoms with Gasteiger partial charge in [-0.15, -0.1) is 0 Å². The maximum absolute atomic E-state index is 13.4. The predicted octanol–water partition coefficient (Wildman–Crippen LogP) is 1.52. The lowest BCUT2D eigenvalue weighted by molar-refractivity contribution is -0.113. The van der Waals surface area contributed by atoms with E-state index in [9.17, 15) is 17.6 Å². The number of H-pyrrole nitrogens is 1. The van der Waals surface area contributed by atoms with Crippen LogP contribution in [0.15, 0.2) is 35.6 Å². The third kappa shape index (κ3) is 3.66. The fourth-order valence-corrected chi connectivity index (χ4v) is 2.72. The van der Waals surface area contributed by atoms with Crippen molar-refractivity contribution in [3.05, 3.63) is 42.0 Å². The van der Waals surface area contributed by atoms with Gasteiger partial charge in [0.05, 0.1) is 5.69 Å². The van der Waals surface area contributed by atoms with Crippen LogP contribution in [-0.4, -0.2) is 30.0 Å². The number of aromatic nitrogens is 2. The van der Waals surface area contributed by atoms with Crippen molar-refractivity contribution in [3.8, 4) is 0 Å². The maximum Gasteiger partial charge on any atom is 0.240 e. The summed E-state index contributed by atoms with van der Waals surface area (Å²) in [5.41, 5.74) is 0.592. The van der Waals surface area contributed by atoms with Crippen LogP contribution in [0.4, 0.5) is 10.1 Å². The molecule has 0 aliphatic carbocycles. The first-order valence-corrected chi connectivity index (χ1v) is 7.88. The van der Waals surface area contributed by atoms with Gasteiger partial charge in [-0.1, -0.05) is 19.1 Å². The summed E-state index contributed by atoms with van der Waals surface area (Å²) in [7, 11) is -3.88. The summed E-state index contributed by atoms with van der Waals surface area (Å²) < 4.78 is 37.4. The smallest absolute Gasteiger partial charge is 0.240 e. The third-order valence-corrected chi connectivity index (χ3v) is 4.19. The average molecular weight is 311 g/mol.